The van der Waals surface area contributed by atoms with E-state index >= 15 is 0 Å². The van der Waals surface area contributed by atoms with Crippen LogP contribution in [-0.4, -0.2) is 13.2 Å². The summed E-state index contributed by atoms with van der Waals surface area (Å²) in [4.78, 5) is 0. The van der Waals surface area contributed by atoms with Crippen molar-refractivity contribution in [3.8, 4) is 11.5 Å². The zero-order valence-electron chi connectivity index (χ0n) is 11.1. The number of rotatable bonds is 8. The molecule has 0 saturated carbocycles. The third-order valence-electron chi connectivity index (χ3n) is 2.53. The Labute approximate surface area is 121 Å². The molecular formula is C14H22O2S2. The summed E-state index contributed by atoms with van der Waals surface area (Å²) in [5.41, 5.74) is 2.31. The highest BCUT2D eigenvalue weighted by Crippen LogP contribution is 2.32. The lowest BCUT2D eigenvalue weighted by Gasteiger charge is -2.15. The van der Waals surface area contributed by atoms with Gasteiger partial charge in [0.25, 0.3) is 0 Å². The molecule has 0 spiro atoms. The molecule has 1 aromatic carbocycles. The topological polar surface area (TPSA) is 18.5 Å². The molecule has 0 unspecified atom stereocenters. The van der Waals surface area contributed by atoms with Gasteiger partial charge in [0.05, 0.1) is 13.2 Å². The van der Waals surface area contributed by atoms with Gasteiger partial charge < -0.3 is 9.47 Å². The van der Waals surface area contributed by atoms with E-state index in [-0.39, 0.29) is 0 Å². The molecule has 18 heavy (non-hydrogen) atoms. The summed E-state index contributed by atoms with van der Waals surface area (Å²) in [6, 6.07) is 4.05. The second-order valence-corrected chi connectivity index (χ2v) is 4.71. The molecule has 0 aromatic heterocycles. The van der Waals surface area contributed by atoms with Gasteiger partial charge >= 0.3 is 0 Å². The van der Waals surface area contributed by atoms with Crippen molar-refractivity contribution in [2.45, 2.75) is 38.2 Å². The molecule has 0 saturated heterocycles. The number of thiol groups is 2. The van der Waals surface area contributed by atoms with Crippen molar-refractivity contribution in [3.05, 3.63) is 23.3 Å². The van der Waals surface area contributed by atoms with Gasteiger partial charge in [-0.3, -0.25) is 0 Å². The summed E-state index contributed by atoms with van der Waals surface area (Å²) >= 11 is 8.69. The van der Waals surface area contributed by atoms with Crippen molar-refractivity contribution < 1.29 is 9.47 Å². The first-order chi connectivity index (χ1) is 8.76. The summed E-state index contributed by atoms with van der Waals surface area (Å²) in [5.74, 6) is 3.01. The van der Waals surface area contributed by atoms with E-state index in [9.17, 15) is 0 Å². The zero-order valence-corrected chi connectivity index (χ0v) is 12.9. The van der Waals surface area contributed by atoms with Crippen LogP contribution in [0.4, 0.5) is 0 Å². The third kappa shape index (κ3) is 4.32. The van der Waals surface area contributed by atoms with Crippen LogP contribution in [0.5, 0.6) is 11.5 Å². The maximum Gasteiger partial charge on any atom is 0.161 e. The van der Waals surface area contributed by atoms with Crippen LogP contribution in [0, 0.1) is 0 Å². The van der Waals surface area contributed by atoms with Gasteiger partial charge in [-0.1, -0.05) is 13.8 Å². The second kappa shape index (κ2) is 8.59. The Kier molecular flexibility index (Phi) is 7.44. The van der Waals surface area contributed by atoms with Crippen LogP contribution >= 0.6 is 25.3 Å². The second-order valence-electron chi connectivity index (χ2n) is 4.08. The molecule has 4 heteroatoms. The minimum absolute atomic E-state index is 0.687. The van der Waals surface area contributed by atoms with Gasteiger partial charge in [0.1, 0.15) is 0 Å². The first kappa shape index (κ1) is 15.6. The van der Waals surface area contributed by atoms with E-state index in [0.29, 0.717) is 24.7 Å². The lowest BCUT2D eigenvalue weighted by atomic mass is 10.1. The summed E-state index contributed by atoms with van der Waals surface area (Å²) in [5, 5.41) is 0. The molecule has 0 radical (unpaired) electrons. The van der Waals surface area contributed by atoms with Crippen molar-refractivity contribution >= 4 is 25.3 Å². The van der Waals surface area contributed by atoms with E-state index < -0.39 is 0 Å². The highest BCUT2D eigenvalue weighted by molar-refractivity contribution is 7.79. The fraction of sp³-hybridized carbons (Fsp3) is 0.571. The average Bonchev–Trinajstić information content (AvgIpc) is 2.42. The minimum Gasteiger partial charge on any atom is -0.490 e. The highest BCUT2D eigenvalue weighted by atomic mass is 32.1. The first-order valence-electron chi connectivity index (χ1n) is 6.39. The van der Waals surface area contributed by atoms with Crippen LogP contribution in [0.3, 0.4) is 0 Å². The summed E-state index contributed by atoms with van der Waals surface area (Å²) < 4.78 is 11.5. The molecule has 0 aliphatic heterocycles. The monoisotopic (exact) mass is 286 g/mol. The lowest BCUT2D eigenvalue weighted by molar-refractivity contribution is 0.268. The van der Waals surface area contributed by atoms with Crippen molar-refractivity contribution in [2.75, 3.05) is 13.2 Å². The molecule has 0 aliphatic rings. The van der Waals surface area contributed by atoms with Crippen LogP contribution in [-0.2, 0) is 11.5 Å². The smallest absolute Gasteiger partial charge is 0.161 e. The average molecular weight is 286 g/mol. The van der Waals surface area contributed by atoms with Gasteiger partial charge in [-0.2, -0.15) is 25.3 Å². The van der Waals surface area contributed by atoms with Gasteiger partial charge in [0.2, 0.25) is 0 Å². The van der Waals surface area contributed by atoms with Gasteiger partial charge in [-0.15, -0.1) is 0 Å². The predicted octanol–water partition coefficient (Wildman–Crippen LogP) is 4.12. The summed E-state index contributed by atoms with van der Waals surface area (Å²) in [6.07, 6.45) is 1.97. The molecule has 0 heterocycles. The van der Waals surface area contributed by atoms with Crippen LogP contribution < -0.4 is 9.47 Å². The molecule has 0 amide bonds. The minimum atomic E-state index is 0.687. The molecule has 0 bridgehead atoms. The Hall–Kier alpha value is -0.480. The molecule has 0 atom stereocenters. The SMILES string of the molecule is CCCOc1cc(CS)c(CS)cc1OCCC. The largest absolute Gasteiger partial charge is 0.490 e. The van der Waals surface area contributed by atoms with Gasteiger partial charge in [-0.25, -0.2) is 0 Å². The van der Waals surface area contributed by atoms with Crippen LogP contribution in [0.2, 0.25) is 0 Å². The zero-order chi connectivity index (χ0) is 13.4. The predicted molar refractivity (Wildman–Crippen MR) is 83.4 cm³/mol. The Morgan fingerprint density at radius 3 is 1.50 bits per heavy atom. The molecule has 0 fully saturated rings. The Morgan fingerprint density at radius 1 is 0.833 bits per heavy atom. The molecule has 1 rings (SSSR count). The number of ether oxygens (including phenoxy) is 2. The molecular weight excluding hydrogens is 264 g/mol. The van der Waals surface area contributed by atoms with E-state index in [2.05, 4.69) is 39.1 Å². The van der Waals surface area contributed by atoms with Crippen molar-refractivity contribution in [1.29, 1.82) is 0 Å². The lowest BCUT2D eigenvalue weighted by Crippen LogP contribution is -2.03. The van der Waals surface area contributed by atoms with Crippen LogP contribution in [0.1, 0.15) is 37.8 Å². The Balaban J connectivity index is 3.01. The maximum absolute atomic E-state index is 5.74. The fourth-order valence-corrected chi connectivity index (χ4v) is 2.18. The van der Waals surface area contributed by atoms with Gasteiger partial charge in [0, 0.05) is 11.5 Å². The first-order valence-corrected chi connectivity index (χ1v) is 7.66. The number of hydrogen-bond donors (Lipinski definition) is 2. The van der Waals surface area contributed by atoms with Crippen molar-refractivity contribution in [1.82, 2.24) is 0 Å². The maximum atomic E-state index is 5.74. The van der Waals surface area contributed by atoms with Crippen LogP contribution in [0.25, 0.3) is 0 Å². The summed E-state index contributed by atoms with van der Waals surface area (Å²) in [7, 11) is 0. The molecule has 102 valence electrons. The molecule has 0 aliphatic carbocycles. The van der Waals surface area contributed by atoms with Gasteiger partial charge in [-0.05, 0) is 36.1 Å². The van der Waals surface area contributed by atoms with Crippen molar-refractivity contribution in [3.63, 3.8) is 0 Å². The van der Waals surface area contributed by atoms with E-state index in [1.807, 2.05) is 12.1 Å². The quantitative estimate of drug-likeness (QED) is 0.700. The van der Waals surface area contributed by atoms with E-state index in [4.69, 9.17) is 9.47 Å². The van der Waals surface area contributed by atoms with Crippen LogP contribution in [0.15, 0.2) is 12.1 Å². The van der Waals surface area contributed by atoms with Crippen molar-refractivity contribution in [2.24, 2.45) is 0 Å². The third-order valence-corrected chi connectivity index (χ3v) is 3.21. The van der Waals surface area contributed by atoms with E-state index in [1.165, 1.54) is 0 Å². The van der Waals surface area contributed by atoms with Gasteiger partial charge in [0.15, 0.2) is 11.5 Å². The Bertz CT molecular complexity index is 332. The normalized spacial score (nSPS) is 10.4. The summed E-state index contributed by atoms with van der Waals surface area (Å²) in [6.45, 7) is 5.59. The fourth-order valence-electron chi connectivity index (χ4n) is 1.59. The van der Waals surface area contributed by atoms with E-state index in [0.717, 1.165) is 35.5 Å². The molecule has 2 nitrogen and oxygen atoms in total. The number of benzene rings is 1. The molecule has 1 aromatic rings. The molecule has 0 N–H and O–H groups in total. The number of hydrogen-bond acceptors (Lipinski definition) is 4. The standard InChI is InChI=1S/C14H22O2S2/c1-3-5-15-13-7-11(9-17)12(10-18)8-14(13)16-6-4-2/h7-8,17-18H,3-6,9-10H2,1-2H3. The highest BCUT2D eigenvalue weighted by Gasteiger charge is 2.10. The Morgan fingerprint density at radius 2 is 1.22 bits per heavy atom. The van der Waals surface area contributed by atoms with E-state index in [1.54, 1.807) is 0 Å².